The first-order valence-electron chi connectivity index (χ1n) is 7.66. The molecule has 8 nitrogen and oxygen atoms in total. The van der Waals surface area contributed by atoms with Gasteiger partial charge in [0, 0.05) is 24.0 Å². The Kier molecular flexibility index (Phi) is 3.80. The molecular weight excluding hydrogens is 308 g/mol. The summed E-state index contributed by atoms with van der Waals surface area (Å²) < 4.78 is 7.31. The van der Waals surface area contributed by atoms with Crippen molar-refractivity contribution in [3.63, 3.8) is 0 Å². The topological polar surface area (TPSA) is 88.9 Å². The number of ether oxygens (including phenoxy) is 1. The van der Waals surface area contributed by atoms with Crippen LogP contribution in [0.3, 0.4) is 0 Å². The third kappa shape index (κ3) is 2.67. The molecule has 0 bridgehead atoms. The second-order valence-electron chi connectivity index (χ2n) is 5.52. The van der Waals surface area contributed by atoms with E-state index in [0.29, 0.717) is 25.3 Å². The number of aromatic amines is 1. The smallest absolute Gasteiger partial charge is 0.254 e. The van der Waals surface area contributed by atoms with Gasteiger partial charge in [-0.3, -0.25) is 14.5 Å². The number of carbonyl (C=O) groups is 1. The molecule has 3 heterocycles. The number of morpholine rings is 1. The minimum Gasteiger partial charge on any atom is -0.377 e. The fraction of sp³-hybridized carbons (Fsp3) is 0.250. The highest BCUT2D eigenvalue weighted by Gasteiger charge is 2.30. The third-order valence-electron chi connectivity index (χ3n) is 4.08. The van der Waals surface area contributed by atoms with Crippen molar-refractivity contribution in [2.75, 3.05) is 19.8 Å². The number of H-pyrrole nitrogens is 1. The van der Waals surface area contributed by atoms with Crippen LogP contribution in [0.4, 0.5) is 0 Å². The fourth-order valence-electron chi connectivity index (χ4n) is 2.86. The molecule has 24 heavy (non-hydrogen) atoms. The second kappa shape index (κ2) is 6.25. The van der Waals surface area contributed by atoms with Crippen molar-refractivity contribution >= 4 is 5.91 Å². The molecule has 0 saturated carbocycles. The van der Waals surface area contributed by atoms with Crippen molar-refractivity contribution in [1.29, 1.82) is 0 Å². The normalized spacial score (nSPS) is 17.8. The first-order chi connectivity index (χ1) is 11.8. The van der Waals surface area contributed by atoms with Gasteiger partial charge < -0.3 is 9.64 Å². The van der Waals surface area contributed by atoms with E-state index < -0.39 is 0 Å². The van der Waals surface area contributed by atoms with E-state index in [0.717, 1.165) is 11.4 Å². The third-order valence-corrected chi connectivity index (χ3v) is 4.08. The summed E-state index contributed by atoms with van der Waals surface area (Å²) in [6.45, 7) is 1.53. The highest BCUT2D eigenvalue weighted by atomic mass is 16.5. The fourth-order valence-corrected chi connectivity index (χ4v) is 2.86. The van der Waals surface area contributed by atoms with E-state index in [-0.39, 0.29) is 11.9 Å². The van der Waals surface area contributed by atoms with Crippen LogP contribution in [0, 0.1) is 0 Å². The van der Waals surface area contributed by atoms with E-state index in [1.54, 1.807) is 23.4 Å². The van der Waals surface area contributed by atoms with Crippen molar-refractivity contribution in [2.24, 2.45) is 0 Å². The molecule has 0 aliphatic carbocycles. The van der Waals surface area contributed by atoms with Gasteiger partial charge in [-0.05, 0) is 24.3 Å². The molecule has 1 aromatic carbocycles. The summed E-state index contributed by atoms with van der Waals surface area (Å²) in [5.41, 5.74) is 2.34. The molecule has 1 fully saturated rings. The Morgan fingerprint density at radius 3 is 2.92 bits per heavy atom. The second-order valence-corrected chi connectivity index (χ2v) is 5.52. The average Bonchev–Trinajstić information content (AvgIpc) is 3.35. The largest absolute Gasteiger partial charge is 0.377 e. The summed E-state index contributed by atoms with van der Waals surface area (Å²) in [6.07, 6.45) is 4.89. The van der Waals surface area contributed by atoms with E-state index in [9.17, 15) is 4.79 Å². The Labute approximate surface area is 138 Å². The summed E-state index contributed by atoms with van der Waals surface area (Å²) in [4.78, 5) is 14.8. The van der Waals surface area contributed by atoms with Gasteiger partial charge in [0.2, 0.25) is 0 Å². The van der Waals surface area contributed by atoms with E-state index in [1.165, 1.54) is 0 Å². The molecule has 3 aromatic rings. The van der Waals surface area contributed by atoms with Crippen LogP contribution in [0.2, 0.25) is 0 Å². The lowest BCUT2D eigenvalue weighted by Crippen LogP contribution is -2.43. The maximum Gasteiger partial charge on any atom is 0.254 e. The molecule has 1 aliphatic heterocycles. The zero-order chi connectivity index (χ0) is 16.4. The van der Waals surface area contributed by atoms with Gasteiger partial charge in [-0.1, -0.05) is 6.07 Å². The van der Waals surface area contributed by atoms with Gasteiger partial charge in [0.05, 0.1) is 24.9 Å². The van der Waals surface area contributed by atoms with E-state index in [1.807, 2.05) is 35.2 Å². The average molecular weight is 324 g/mol. The number of nitrogens with zero attached hydrogens (tertiary/aromatic N) is 5. The van der Waals surface area contributed by atoms with E-state index in [4.69, 9.17) is 4.74 Å². The number of rotatable bonds is 3. The predicted molar refractivity (Wildman–Crippen MR) is 84.5 cm³/mol. The summed E-state index contributed by atoms with van der Waals surface area (Å²) >= 11 is 0. The molecule has 1 atom stereocenters. The summed E-state index contributed by atoms with van der Waals surface area (Å²) in [7, 11) is 0. The molecule has 1 aliphatic rings. The molecule has 2 aromatic heterocycles. The van der Waals surface area contributed by atoms with Crippen LogP contribution in [-0.4, -0.2) is 55.5 Å². The number of aromatic nitrogens is 5. The Balaban J connectivity index is 1.63. The molecule has 0 unspecified atom stereocenters. The van der Waals surface area contributed by atoms with E-state index >= 15 is 0 Å². The lowest BCUT2D eigenvalue weighted by atomic mass is 10.1. The molecule has 122 valence electrons. The number of benzene rings is 1. The number of amides is 1. The monoisotopic (exact) mass is 324 g/mol. The summed E-state index contributed by atoms with van der Waals surface area (Å²) in [6, 6.07) is 9.13. The highest BCUT2D eigenvalue weighted by Crippen LogP contribution is 2.25. The first-order valence-corrected chi connectivity index (χ1v) is 7.66. The SMILES string of the molecule is O=C(c1cccc(-n2cnnc2)c1)N1CCOC[C@H]1c1ccn[nH]1. The van der Waals surface area contributed by atoms with Crippen molar-refractivity contribution in [3.05, 3.63) is 60.4 Å². The van der Waals surface area contributed by atoms with Gasteiger partial charge >= 0.3 is 0 Å². The van der Waals surface area contributed by atoms with Gasteiger partial charge in [-0.2, -0.15) is 5.10 Å². The molecule has 1 N–H and O–H groups in total. The quantitative estimate of drug-likeness (QED) is 0.782. The Morgan fingerprint density at radius 2 is 2.12 bits per heavy atom. The first kappa shape index (κ1) is 14.6. The minimum absolute atomic E-state index is 0.0344. The van der Waals surface area contributed by atoms with Gasteiger partial charge in [0.1, 0.15) is 12.7 Å². The zero-order valence-corrected chi connectivity index (χ0v) is 12.9. The molecule has 1 amide bonds. The van der Waals surface area contributed by atoms with Crippen LogP contribution < -0.4 is 0 Å². The molecule has 4 rings (SSSR count). The van der Waals surface area contributed by atoms with Crippen LogP contribution in [-0.2, 0) is 4.74 Å². The maximum atomic E-state index is 13.0. The van der Waals surface area contributed by atoms with Crippen molar-refractivity contribution in [1.82, 2.24) is 29.9 Å². The van der Waals surface area contributed by atoms with Crippen LogP contribution in [0.15, 0.2) is 49.2 Å². The van der Waals surface area contributed by atoms with Crippen LogP contribution in [0.1, 0.15) is 22.1 Å². The van der Waals surface area contributed by atoms with Crippen LogP contribution in [0.5, 0.6) is 0 Å². The minimum atomic E-state index is -0.160. The zero-order valence-electron chi connectivity index (χ0n) is 12.9. The van der Waals surface area contributed by atoms with E-state index in [2.05, 4.69) is 20.4 Å². The standard InChI is InChI=1S/C16H16N6O2/c23-16(12-2-1-3-13(8-12)21-10-18-19-11-21)22-6-7-24-9-15(22)14-4-5-17-20-14/h1-5,8,10-11,15H,6-7,9H2,(H,17,20)/t15-/m0/s1. The van der Waals surface area contributed by atoms with Crippen molar-refractivity contribution in [3.8, 4) is 5.69 Å². The molecular formula is C16H16N6O2. The van der Waals surface area contributed by atoms with Gasteiger partial charge in [0.15, 0.2) is 0 Å². The van der Waals surface area contributed by atoms with Gasteiger partial charge in [-0.25, -0.2) is 0 Å². The molecule has 8 heteroatoms. The number of carbonyl (C=O) groups excluding carboxylic acids is 1. The summed E-state index contributed by atoms with van der Waals surface area (Å²) in [5.74, 6) is -0.0344. The summed E-state index contributed by atoms with van der Waals surface area (Å²) in [5, 5.41) is 14.5. The maximum absolute atomic E-state index is 13.0. The van der Waals surface area contributed by atoms with Gasteiger partial charge in [-0.15, -0.1) is 10.2 Å². The number of hydrogen-bond acceptors (Lipinski definition) is 5. The lowest BCUT2D eigenvalue weighted by Gasteiger charge is -2.35. The molecule has 0 radical (unpaired) electrons. The molecule has 1 saturated heterocycles. The van der Waals surface area contributed by atoms with Crippen LogP contribution >= 0.6 is 0 Å². The predicted octanol–water partition coefficient (Wildman–Crippen LogP) is 1.20. The Bertz CT molecular complexity index is 815. The highest BCUT2D eigenvalue weighted by molar-refractivity contribution is 5.95. The Morgan fingerprint density at radius 1 is 1.25 bits per heavy atom. The number of hydrogen-bond donors (Lipinski definition) is 1. The Hall–Kier alpha value is -3.00. The van der Waals surface area contributed by atoms with Crippen LogP contribution in [0.25, 0.3) is 5.69 Å². The number of nitrogens with one attached hydrogen (secondary N) is 1. The lowest BCUT2D eigenvalue weighted by molar-refractivity contribution is -0.00391. The molecule has 0 spiro atoms. The van der Waals surface area contributed by atoms with Gasteiger partial charge in [0.25, 0.3) is 5.91 Å². The van der Waals surface area contributed by atoms with Crippen molar-refractivity contribution < 1.29 is 9.53 Å². The van der Waals surface area contributed by atoms with Crippen molar-refractivity contribution in [2.45, 2.75) is 6.04 Å².